The molecule has 0 radical (unpaired) electrons. The van der Waals surface area contributed by atoms with Gasteiger partial charge in [0, 0.05) is 32.2 Å². The lowest BCUT2D eigenvalue weighted by atomic mass is 10.0. The molecule has 1 aromatic heterocycles. The normalized spacial score (nSPS) is 19.2. The summed E-state index contributed by atoms with van der Waals surface area (Å²) in [6, 6.07) is 12.6. The highest BCUT2D eigenvalue weighted by Gasteiger charge is 2.37. The maximum atomic E-state index is 13.5. The lowest BCUT2D eigenvalue weighted by molar-refractivity contribution is -0.151. The highest BCUT2D eigenvalue weighted by atomic mass is 16.5. The van der Waals surface area contributed by atoms with E-state index in [9.17, 15) is 14.4 Å². The van der Waals surface area contributed by atoms with Crippen molar-refractivity contribution in [1.29, 1.82) is 0 Å². The van der Waals surface area contributed by atoms with E-state index in [2.05, 4.69) is 4.90 Å². The first kappa shape index (κ1) is 22.3. The van der Waals surface area contributed by atoms with E-state index in [1.807, 2.05) is 30.3 Å². The van der Waals surface area contributed by atoms with Crippen LogP contribution in [0, 0.1) is 0 Å². The van der Waals surface area contributed by atoms with Crippen molar-refractivity contribution in [2.75, 3.05) is 25.1 Å². The molecule has 0 saturated carbocycles. The summed E-state index contributed by atoms with van der Waals surface area (Å²) in [6.07, 6.45) is 4.15. The smallest absolute Gasteiger partial charge is 0.329 e. The number of imide groups is 1. The lowest BCUT2D eigenvalue weighted by Gasteiger charge is -2.31. The number of carbonyl (C=O) groups excluding carboxylic acids is 2. The average Bonchev–Trinajstić information content (AvgIpc) is 3.12. The second-order valence-corrected chi connectivity index (χ2v) is 9.15. The number of benzene rings is 2. The van der Waals surface area contributed by atoms with E-state index in [0.717, 1.165) is 35.4 Å². The number of amides is 2. The number of aryl methyl sites for hydroxylation is 1. The number of nitrogens with zero attached hydrogens (tertiary/aromatic N) is 4. The van der Waals surface area contributed by atoms with Crippen LogP contribution in [-0.2, 0) is 23.2 Å². The first-order valence-corrected chi connectivity index (χ1v) is 11.9. The fourth-order valence-electron chi connectivity index (χ4n) is 5.14. The molecule has 34 heavy (non-hydrogen) atoms. The molecule has 0 spiro atoms. The summed E-state index contributed by atoms with van der Waals surface area (Å²) in [5.74, 6) is 0.170. The molecule has 2 aliphatic rings. The standard InChI is InChI=1S/C26H30N4O4/c1-27-23-16-19(28-14-4-3-5-15-28)8-11-21(23)30(26(27)33)22-12-13-24(31)29(25(22)32)17-18-6-9-20(34-2)10-7-18/h6-11,16,22H,3-5,12-15,17H2,1-2H3. The van der Waals surface area contributed by atoms with Crippen LogP contribution in [0.5, 0.6) is 5.75 Å². The van der Waals surface area contributed by atoms with Crippen molar-refractivity contribution in [3.8, 4) is 5.75 Å². The van der Waals surface area contributed by atoms with E-state index in [-0.39, 0.29) is 30.5 Å². The van der Waals surface area contributed by atoms with Gasteiger partial charge in [-0.2, -0.15) is 0 Å². The molecule has 2 fully saturated rings. The Morgan fingerprint density at radius 2 is 1.68 bits per heavy atom. The quantitative estimate of drug-likeness (QED) is 0.544. The van der Waals surface area contributed by atoms with E-state index in [0.29, 0.717) is 12.2 Å². The molecule has 8 nitrogen and oxygen atoms in total. The molecule has 1 atom stereocenters. The highest BCUT2D eigenvalue weighted by molar-refractivity contribution is 6.00. The Morgan fingerprint density at radius 3 is 2.38 bits per heavy atom. The summed E-state index contributed by atoms with van der Waals surface area (Å²) >= 11 is 0. The molecular weight excluding hydrogens is 432 g/mol. The van der Waals surface area contributed by atoms with Crippen LogP contribution >= 0.6 is 0 Å². The molecule has 3 aromatic rings. The Labute approximate surface area is 198 Å². The molecule has 178 valence electrons. The fourth-order valence-corrected chi connectivity index (χ4v) is 5.14. The van der Waals surface area contributed by atoms with Crippen molar-refractivity contribution in [2.45, 2.75) is 44.7 Å². The zero-order valence-corrected chi connectivity index (χ0v) is 19.7. The second kappa shape index (κ2) is 9.00. The zero-order chi connectivity index (χ0) is 23.8. The number of methoxy groups -OCH3 is 1. The summed E-state index contributed by atoms with van der Waals surface area (Å²) in [7, 11) is 3.34. The van der Waals surface area contributed by atoms with Crippen LogP contribution in [0.3, 0.4) is 0 Å². The number of piperidine rings is 2. The number of carbonyl (C=O) groups is 2. The third-order valence-electron chi connectivity index (χ3n) is 7.09. The van der Waals surface area contributed by atoms with Gasteiger partial charge in [0.15, 0.2) is 0 Å². The van der Waals surface area contributed by atoms with Gasteiger partial charge in [-0.1, -0.05) is 12.1 Å². The number of aromatic nitrogens is 2. The Balaban J connectivity index is 1.47. The number of rotatable bonds is 5. The minimum absolute atomic E-state index is 0.177. The Kier molecular flexibility index (Phi) is 5.89. The molecule has 2 saturated heterocycles. The largest absolute Gasteiger partial charge is 0.497 e. The summed E-state index contributed by atoms with van der Waals surface area (Å²) in [5.41, 5.74) is 3.23. The Morgan fingerprint density at radius 1 is 0.941 bits per heavy atom. The van der Waals surface area contributed by atoms with E-state index < -0.39 is 6.04 Å². The summed E-state index contributed by atoms with van der Waals surface area (Å²) in [6.45, 7) is 2.21. The second-order valence-electron chi connectivity index (χ2n) is 9.15. The number of likely N-dealkylation sites (tertiary alicyclic amines) is 1. The maximum absolute atomic E-state index is 13.5. The lowest BCUT2D eigenvalue weighted by Crippen LogP contribution is -2.47. The number of hydrogen-bond acceptors (Lipinski definition) is 5. The summed E-state index contributed by atoms with van der Waals surface area (Å²) in [4.78, 5) is 43.1. The first-order valence-electron chi connectivity index (χ1n) is 11.9. The van der Waals surface area contributed by atoms with Gasteiger partial charge < -0.3 is 9.64 Å². The fraction of sp³-hybridized carbons (Fsp3) is 0.423. The van der Waals surface area contributed by atoms with Gasteiger partial charge in [-0.05, 0) is 61.6 Å². The highest BCUT2D eigenvalue weighted by Crippen LogP contribution is 2.30. The van der Waals surface area contributed by atoms with Crippen LogP contribution in [0.2, 0.25) is 0 Å². The zero-order valence-electron chi connectivity index (χ0n) is 19.7. The van der Waals surface area contributed by atoms with Crippen molar-refractivity contribution >= 4 is 28.5 Å². The molecule has 2 amide bonds. The van der Waals surface area contributed by atoms with Crippen molar-refractivity contribution < 1.29 is 14.3 Å². The first-order chi connectivity index (χ1) is 16.5. The van der Waals surface area contributed by atoms with Crippen molar-refractivity contribution in [1.82, 2.24) is 14.0 Å². The molecule has 5 rings (SSSR count). The van der Waals surface area contributed by atoms with Crippen LogP contribution in [0.25, 0.3) is 11.0 Å². The average molecular weight is 463 g/mol. The van der Waals surface area contributed by atoms with Gasteiger partial charge >= 0.3 is 5.69 Å². The maximum Gasteiger partial charge on any atom is 0.329 e. The topological polar surface area (TPSA) is 76.8 Å². The molecule has 0 bridgehead atoms. The van der Waals surface area contributed by atoms with Gasteiger partial charge in [-0.3, -0.25) is 23.6 Å². The molecule has 2 aliphatic heterocycles. The van der Waals surface area contributed by atoms with Crippen molar-refractivity contribution in [3.63, 3.8) is 0 Å². The van der Waals surface area contributed by atoms with E-state index in [4.69, 9.17) is 4.74 Å². The van der Waals surface area contributed by atoms with Crippen LogP contribution in [-0.4, -0.2) is 46.0 Å². The monoisotopic (exact) mass is 462 g/mol. The molecule has 2 aromatic carbocycles. The van der Waals surface area contributed by atoms with Crippen molar-refractivity contribution in [3.05, 3.63) is 58.5 Å². The number of ether oxygens (including phenoxy) is 1. The Bertz CT molecular complexity index is 1280. The third-order valence-corrected chi connectivity index (χ3v) is 7.09. The van der Waals surface area contributed by atoms with Gasteiger partial charge in [0.1, 0.15) is 11.8 Å². The predicted molar refractivity (Wildman–Crippen MR) is 130 cm³/mol. The molecular formula is C26H30N4O4. The van der Waals surface area contributed by atoms with Crippen LogP contribution in [0.4, 0.5) is 5.69 Å². The minimum atomic E-state index is -0.701. The van der Waals surface area contributed by atoms with Crippen molar-refractivity contribution in [2.24, 2.45) is 7.05 Å². The van der Waals surface area contributed by atoms with E-state index in [1.165, 1.54) is 24.2 Å². The molecule has 8 heteroatoms. The molecule has 0 aliphatic carbocycles. The summed E-state index contributed by atoms with van der Waals surface area (Å²) in [5, 5.41) is 0. The number of imidazole rings is 1. The molecule has 0 N–H and O–H groups in total. The molecule has 3 heterocycles. The number of hydrogen-bond donors (Lipinski definition) is 0. The van der Waals surface area contributed by atoms with Crippen LogP contribution < -0.4 is 15.3 Å². The van der Waals surface area contributed by atoms with Crippen LogP contribution in [0.15, 0.2) is 47.3 Å². The van der Waals surface area contributed by atoms with Gasteiger partial charge in [0.25, 0.3) is 5.91 Å². The minimum Gasteiger partial charge on any atom is -0.497 e. The SMILES string of the molecule is COc1ccc(CN2C(=O)CCC(n3c(=O)n(C)c4cc(N5CCCCC5)ccc43)C2=O)cc1. The van der Waals surface area contributed by atoms with Crippen LogP contribution in [0.1, 0.15) is 43.7 Å². The van der Waals surface area contributed by atoms with E-state index >= 15 is 0 Å². The van der Waals surface area contributed by atoms with Gasteiger partial charge in [-0.15, -0.1) is 0 Å². The van der Waals surface area contributed by atoms with Gasteiger partial charge in [0.05, 0.1) is 24.7 Å². The van der Waals surface area contributed by atoms with Gasteiger partial charge in [0.2, 0.25) is 5.91 Å². The number of fused-ring (bicyclic) bond motifs is 1. The Hall–Kier alpha value is -3.55. The third kappa shape index (κ3) is 3.87. The van der Waals surface area contributed by atoms with Gasteiger partial charge in [-0.25, -0.2) is 4.79 Å². The molecule has 1 unspecified atom stereocenters. The number of anilines is 1. The van der Waals surface area contributed by atoms with E-state index in [1.54, 1.807) is 35.4 Å². The predicted octanol–water partition coefficient (Wildman–Crippen LogP) is 3.23. The summed E-state index contributed by atoms with van der Waals surface area (Å²) < 4.78 is 8.37.